The van der Waals surface area contributed by atoms with Gasteiger partial charge in [-0.3, -0.25) is 4.79 Å². The second-order valence-corrected chi connectivity index (χ2v) is 20.6. The van der Waals surface area contributed by atoms with E-state index in [9.17, 15) is 20.1 Å². The molecule has 10 rings (SSSR count). The van der Waals surface area contributed by atoms with Crippen molar-refractivity contribution < 1.29 is 48.3 Å². The number of hydrogen-bond acceptors (Lipinski definition) is 11. The van der Waals surface area contributed by atoms with E-state index in [4.69, 9.17) is 23.4 Å². The van der Waals surface area contributed by atoms with Gasteiger partial charge in [-0.1, -0.05) is 115 Å². The van der Waals surface area contributed by atoms with Crippen LogP contribution in [0.15, 0.2) is 117 Å². The molecule has 2 aliphatic carbocycles. The van der Waals surface area contributed by atoms with Crippen molar-refractivity contribution in [2.75, 3.05) is 20.0 Å². The first-order chi connectivity index (χ1) is 35.1. The fourth-order valence-corrected chi connectivity index (χ4v) is 12.5. The van der Waals surface area contributed by atoms with Crippen LogP contribution < -0.4 is 10.4 Å². The smallest absolute Gasteiger partial charge is 0.340 e. The van der Waals surface area contributed by atoms with Crippen molar-refractivity contribution in [1.29, 1.82) is 0 Å². The Labute approximate surface area is 420 Å². The van der Waals surface area contributed by atoms with Gasteiger partial charge in [0.05, 0.1) is 25.2 Å². The minimum Gasteiger partial charge on any atom is -0.481 e. The van der Waals surface area contributed by atoms with Crippen molar-refractivity contribution in [3.8, 4) is 17.6 Å². The van der Waals surface area contributed by atoms with Crippen LogP contribution in [0.3, 0.4) is 0 Å². The summed E-state index contributed by atoms with van der Waals surface area (Å²) in [4.78, 5) is 44.8. The summed E-state index contributed by atoms with van der Waals surface area (Å²) < 4.78 is 32.8. The summed E-state index contributed by atoms with van der Waals surface area (Å²) in [7, 11) is 0. The van der Waals surface area contributed by atoms with E-state index in [1.165, 1.54) is 16.7 Å². The van der Waals surface area contributed by atoms with Crippen molar-refractivity contribution in [2.45, 2.75) is 133 Å². The zero-order valence-electron chi connectivity index (χ0n) is 41.2. The molecule has 0 saturated heterocycles. The van der Waals surface area contributed by atoms with E-state index in [0.29, 0.717) is 42.4 Å². The molecule has 1 saturated carbocycles. The Morgan fingerprint density at radius 2 is 1.69 bits per heavy atom. The van der Waals surface area contributed by atoms with Crippen LogP contribution in [0.4, 0.5) is 0 Å². The van der Waals surface area contributed by atoms with Gasteiger partial charge >= 0.3 is 17.6 Å². The van der Waals surface area contributed by atoms with Gasteiger partial charge in [0, 0.05) is 59.6 Å². The second kappa shape index (κ2) is 21.4. The minimum atomic E-state index is -1.33. The van der Waals surface area contributed by atoms with Crippen LogP contribution in [-0.2, 0) is 49.7 Å². The monoisotopic (exact) mass is 972 g/mol. The molecule has 5 aliphatic rings. The Kier molecular flexibility index (Phi) is 14.7. The Bertz CT molecular complexity index is 3020. The molecule has 7 unspecified atom stereocenters. The van der Waals surface area contributed by atoms with Gasteiger partial charge in [0.1, 0.15) is 18.1 Å². The molecule has 4 heterocycles. The first-order valence-corrected chi connectivity index (χ1v) is 25.8. The maximum absolute atomic E-state index is 15.4. The molecule has 0 amide bonds. The lowest BCUT2D eigenvalue weighted by Gasteiger charge is -2.49. The molecule has 4 aromatic carbocycles. The highest BCUT2D eigenvalue weighted by atomic mass is 16.6. The van der Waals surface area contributed by atoms with Gasteiger partial charge in [-0.2, -0.15) is 0 Å². The molecule has 5 aromatic rings. The van der Waals surface area contributed by atoms with Gasteiger partial charge in [0.25, 0.3) is 0 Å². The van der Waals surface area contributed by atoms with E-state index in [1.807, 2.05) is 19.9 Å². The van der Waals surface area contributed by atoms with E-state index in [2.05, 4.69) is 90.7 Å². The van der Waals surface area contributed by atoms with Crippen LogP contribution >= 0.6 is 0 Å². The number of ether oxygens (including phenoxy) is 4. The number of carbonyl (C=O) groups excluding carboxylic acids is 2. The molecule has 11 heteroatoms. The van der Waals surface area contributed by atoms with Gasteiger partial charge in [0.15, 0.2) is 17.8 Å². The van der Waals surface area contributed by atoms with E-state index in [0.717, 1.165) is 54.4 Å². The van der Waals surface area contributed by atoms with Crippen molar-refractivity contribution >= 4 is 22.9 Å². The number of allylic oxidation sites excluding steroid dienone is 3. The lowest BCUT2D eigenvalue weighted by Crippen LogP contribution is -2.59. The zero-order chi connectivity index (χ0) is 49.9. The average Bonchev–Trinajstić information content (AvgIpc) is 3.93. The highest BCUT2D eigenvalue weighted by Gasteiger charge is 2.59. The minimum absolute atomic E-state index is 0.0125. The molecular weight excluding hydrogens is 909 g/mol. The highest BCUT2D eigenvalue weighted by molar-refractivity contribution is 5.90. The number of rotatable bonds is 11. The van der Waals surface area contributed by atoms with Crippen molar-refractivity contribution in [1.82, 2.24) is 0 Å². The fraction of sp³-hybridized carbons (Fsp3) is 0.426. The van der Waals surface area contributed by atoms with E-state index < -0.39 is 54.7 Å². The van der Waals surface area contributed by atoms with Gasteiger partial charge in [-0.25, -0.2) is 9.59 Å². The molecule has 5 bridgehead atoms. The van der Waals surface area contributed by atoms with Crippen LogP contribution in [0.25, 0.3) is 11.0 Å². The number of aryl methyl sites for hydroxylation is 1. The normalized spacial score (nSPS) is 24.5. The number of esters is 2. The topological polar surface area (TPSA) is 162 Å². The number of aliphatic hydroxyl groups is 3. The summed E-state index contributed by atoms with van der Waals surface area (Å²) in [5, 5.41) is 31.0. The number of carbonyl (C=O) groups is 2. The van der Waals surface area contributed by atoms with Crippen LogP contribution in [0.5, 0.6) is 5.75 Å². The van der Waals surface area contributed by atoms with E-state index in [1.54, 1.807) is 12.1 Å². The largest absolute Gasteiger partial charge is 0.481 e. The van der Waals surface area contributed by atoms with Crippen LogP contribution in [0.2, 0.25) is 0 Å². The van der Waals surface area contributed by atoms with Crippen molar-refractivity contribution in [2.24, 2.45) is 11.8 Å². The summed E-state index contributed by atoms with van der Waals surface area (Å²) in [5.74, 6) is 5.11. The molecule has 3 N–H and O–H groups in total. The zero-order valence-corrected chi connectivity index (χ0v) is 41.2. The molecule has 0 radical (unpaired) electrons. The molecule has 11 nitrogen and oxygen atoms in total. The lowest BCUT2D eigenvalue weighted by molar-refractivity contribution is -0.201. The molecule has 7 atom stereocenters. The Morgan fingerprint density at radius 1 is 0.875 bits per heavy atom. The van der Waals surface area contributed by atoms with Crippen molar-refractivity contribution in [3.05, 3.63) is 169 Å². The second-order valence-electron chi connectivity index (χ2n) is 20.6. The molecular formula is C61H64O11. The Morgan fingerprint density at radius 3 is 2.47 bits per heavy atom. The summed E-state index contributed by atoms with van der Waals surface area (Å²) >= 11 is 0. The number of benzene rings is 4. The summed E-state index contributed by atoms with van der Waals surface area (Å²) in [6.07, 6.45) is 8.58. The lowest BCUT2D eigenvalue weighted by atomic mass is 9.71. The SMILES string of the molecule is CC(C)=C1CCc2ccc3c(c2)CC#CCC2(C4CCCC4)Oc4ccc5c(CO)c(C(CCO)COCO)c(=O)oc5c4C(OC(=O)CC4CC(c5cccc(Cc6ccccc6)c5)C=CC34)C2OC1=O. The Balaban J connectivity index is 1.16. The van der Waals surface area contributed by atoms with Crippen molar-refractivity contribution in [3.63, 3.8) is 0 Å². The highest BCUT2D eigenvalue weighted by Crippen LogP contribution is 2.54. The van der Waals surface area contributed by atoms with Gasteiger partial charge in [-0.05, 0) is 116 Å². The van der Waals surface area contributed by atoms with Gasteiger partial charge in [0.2, 0.25) is 0 Å². The standard InChI is InChI=1S/C61H64O11/c1-37(2)47-21-18-39-19-22-48-43(30-39)14-8-9-27-61(46-16-6-7-17-46)58(71-59(47)66)57(55-52(72-61)25-24-50-51(34-63)54(60(67)70-56(50)55)44(26-28-62)35-68-36-64)69-53(65)33-45-32-42(20-23-49(45)48)41-15-10-13-40(31-41)29-38-11-4-3-5-12-38/h3-5,10-13,15,19-20,22-25,30-31,42,44-46,49,57-58,62-64H,6-7,14,16-18,21,26-29,32-36H2,1-2H3. The number of aliphatic hydroxyl groups excluding tert-OH is 3. The first kappa shape index (κ1) is 49.3. The first-order valence-electron chi connectivity index (χ1n) is 25.8. The predicted octanol–water partition coefficient (Wildman–Crippen LogP) is 9.89. The van der Waals surface area contributed by atoms with Crippen LogP contribution in [0.1, 0.15) is 146 Å². The molecule has 374 valence electrons. The third kappa shape index (κ3) is 9.70. The maximum Gasteiger partial charge on any atom is 0.340 e. The number of fused-ring (bicyclic) bond motifs is 9. The molecule has 0 spiro atoms. The Hall–Kier alpha value is -6.29. The van der Waals surface area contributed by atoms with Gasteiger partial charge < -0.3 is 38.7 Å². The van der Waals surface area contributed by atoms with E-state index >= 15 is 9.59 Å². The van der Waals surface area contributed by atoms with Crippen LogP contribution in [-0.4, -0.2) is 59.0 Å². The third-order valence-electron chi connectivity index (χ3n) is 16.1. The fourth-order valence-electron chi connectivity index (χ4n) is 12.5. The third-order valence-corrected chi connectivity index (χ3v) is 16.1. The summed E-state index contributed by atoms with van der Waals surface area (Å²) in [6.45, 7) is 2.20. The summed E-state index contributed by atoms with van der Waals surface area (Å²) in [5.41, 5.74) is 6.71. The maximum atomic E-state index is 15.4. The predicted molar refractivity (Wildman–Crippen MR) is 272 cm³/mol. The molecule has 3 aliphatic heterocycles. The molecule has 1 aromatic heterocycles. The molecule has 1 fully saturated rings. The average molecular weight is 973 g/mol. The van der Waals surface area contributed by atoms with E-state index in [-0.39, 0.29) is 78.4 Å². The summed E-state index contributed by atoms with van der Waals surface area (Å²) in [6, 6.07) is 29.2. The molecule has 72 heavy (non-hydrogen) atoms. The number of hydrogen-bond donors (Lipinski definition) is 3. The van der Waals surface area contributed by atoms with Crippen LogP contribution in [0, 0.1) is 23.7 Å². The quantitative estimate of drug-likeness (QED) is 0.0289. The van der Waals surface area contributed by atoms with Gasteiger partial charge in [-0.15, -0.1) is 0 Å².